The van der Waals surface area contributed by atoms with E-state index in [9.17, 15) is 18.0 Å². The molecule has 0 aromatic heterocycles. The molecule has 1 N–H and O–H groups in total. The van der Waals surface area contributed by atoms with Crippen LogP contribution in [0.2, 0.25) is 5.02 Å². The number of ether oxygens (including phenoxy) is 2. The number of halogens is 4. The predicted molar refractivity (Wildman–Crippen MR) is 81.7 cm³/mol. The second-order valence-electron chi connectivity index (χ2n) is 5.15. The maximum Gasteiger partial charge on any atom is 0.416 e. The van der Waals surface area contributed by atoms with Gasteiger partial charge in [-0.05, 0) is 37.3 Å². The molecular weight excluding hydrogens is 347 g/mol. The van der Waals surface area contributed by atoms with Crippen LogP contribution in [0.1, 0.15) is 12.5 Å². The second kappa shape index (κ2) is 5.90. The average molecular weight is 358 g/mol. The first-order chi connectivity index (χ1) is 11.2. The van der Waals surface area contributed by atoms with Crippen molar-refractivity contribution < 1.29 is 27.4 Å². The number of benzene rings is 2. The molecule has 1 amide bonds. The molecule has 0 spiro atoms. The fourth-order valence-electron chi connectivity index (χ4n) is 2.13. The number of carbonyl (C=O) groups is 1. The highest BCUT2D eigenvalue weighted by Gasteiger charge is 2.31. The zero-order valence-corrected chi connectivity index (χ0v) is 13.0. The van der Waals surface area contributed by atoms with Crippen LogP contribution in [0.15, 0.2) is 36.4 Å². The minimum atomic E-state index is -4.48. The Hall–Kier alpha value is -2.41. The van der Waals surface area contributed by atoms with Gasteiger partial charge in [0, 0.05) is 6.07 Å². The Morgan fingerprint density at radius 3 is 2.62 bits per heavy atom. The highest BCUT2D eigenvalue weighted by Crippen LogP contribution is 2.39. The molecule has 1 aliphatic heterocycles. The number of alkyl halides is 3. The minimum absolute atomic E-state index is 0.0810. The van der Waals surface area contributed by atoms with Crippen LogP contribution < -0.4 is 14.8 Å². The molecule has 2 aromatic rings. The van der Waals surface area contributed by atoms with Crippen LogP contribution >= 0.6 is 11.6 Å². The SMILES string of the molecule is C[C@H]1Oc2cc(Oc3ccc(C(F)(F)F)cc3Cl)ccc2NC1=O. The molecule has 1 aliphatic rings. The number of hydrogen-bond acceptors (Lipinski definition) is 3. The smallest absolute Gasteiger partial charge is 0.416 e. The van der Waals surface area contributed by atoms with Crippen LogP contribution in [0, 0.1) is 0 Å². The van der Waals surface area contributed by atoms with Crippen molar-refractivity contribution >= 4 is 23.2 Å². The summed E-state index contributed by atoms with van der Waals surface area (Å²) in [6.07, 6.45) is -5.13. The molecule has 0 bridgehead atoms. The summed E-state index contributed by atoms with van der Waals surface area (Å²) < 4.78 is 48.9. The van der Waals surface area contributed by atoms with Crippen molar-refractivity contribution in [2.24, 2.45) is 0 Å². The number of hydrogen-bond donors (Lipinski definition) is 1. The summed E-state index contributed by atoms with van der Waals surface area (Å²) in [7, 11) is 0. The van der Waals surface area contributed by atoms with Gasteiger partial charge in [0.05, 0.1) is 16.3 Å². The molecule has 0 fully saturated rings. The molecule has 2 aromatic carbocycles. The summed E-state index contributed by atoms with van der Waals surface area (Å²) in [5.41, 5.74) is -0.367. The van der Waals surface area contributed by atoms with E-state index < -0.39 is 17.8 Å². The topological polar surface area (TPSA) is 47.6 Å². The largest absolute Gasteiger partial charge is 0.479 e. The van der Waals surface area contributed by atoms with Gasteiger partial charge in [0.2, 0.25) is 0 Å². The Bertz CT molecular complexity index is 808. The van der Waals surface area contributed by atoms with Gasteiger partial charge >= 0.3 is 6.18 Å². The Balaban J connectivity index is 1.85. The molecule has 126 valence electrons. The van der Waals surface area contributed by atoms with Crippen LogP contribution in [-0.2, 0) is 11.0 Å². The average Bonchev–Trinajstić information content (AvgIpc) is 2.49. The summed E-state index contributed by atoms with van der Waals surface area (Å²) in [6.45, 7) is 1.60. The van der Waals surface area contributed by atoms with Crippen LogP contribution in [0.3, 0.4) is 0 Å². The summed E-state index contributed by atoms with van der Waals surface area (Å²) in [6, 6.07) is 7.49. The third kappa shape index (κ3) is 3.26. The van der Waals surface area contributed by atoms with E-state index in [0.29, 0.717) is 17.2 Å². The molecule has 8 heteroatoms. The first kappa shape index (κ1) is 16.4. The maximum absolute atomic E-state index is 12.6. The van der Waals surface area contributed by atoms with Gasteiger partial charge in [0.15, 0.2) is 6.10 Å². The lowest BCUT2D eigenvalue weighted by molar-refractivity contribution is -0.137. The van der Waals surface area contributed by atoms with Crippen LogP contribution in [0.5, 0.6) is 17.2 Å². The van der Waals surface area contributed by atoms with E-state index in [2.05, 4.69) is 5.32 Å². The highest BCUT2D eigenvalue weighted by atomic mass is 35.5. The number of anilines is 1. The molecule has 1 heterocycles. The van der Waals surface area contributed by atoms with E-state index in [-0.39, 0.29) is 16.7 Å². The monoisotopic (exact) mass is 357 g/mol. The summed E-state index contributed by atoms with van der Waals surface area (Å²) in [5, 5.41) is 2.50. The lowest BCUT2D eigenvalue weighted by atomic mass is 10.2. The number of rotatable bonds is 2. The van der Waals surface area contributed by atoms with Crippen molar-refractivity contribution in [2.45, 2.75) is 19.2 Å². The van der Waals surface area contributed by atoms with Gasteiger partial charge in [0.25, 0.3) is 5.91 Å². The van der Waals surface area contributed by atoms with E-state index in [1.807, 2.05) is 0 Å². The third-order valence-electron chi connectivity index (χ3n) is 3.37. The molecule has 0 aliphatic carbocycles. The van der Waals surface area contributed by atoms with E-state index in [1.165, 1.54) is 6.07 Å². The predicted octanol–water partition coefficient (Wildman–Crippen LogP) is 4.87. The zero-order chi connectivity index (χ0) is 17.5. The van der Waals surface area contributed by atoms with Crippen molar-refractivity contribution in [3.05, 3.63) is 47.0 Å². The van der Waals surface area contributed by atoms with Crippen LogP contribution in [-0.4, -0.2) is 12.0 Å². The van der Waals surface area contributed by atoms with E-state index in [4.69, 9.17) is 21.1 Å². The van der Waals surface area contributed by atoms with Gasteiger partial charge in [-0.25, -0.2) is 0 Å². The van der Waals surface area contributed by atoms with Gasteiger partial charge in [-0.2, -0.15) is 13.2 Å². The van der Waals surface area contributed by atoms with Crippen molar-refractivity contribution in [2.75, 3.05) is 5.32 Å². The normalized spacial score (nSPS) is 16.9. The van der Waals surface area contributed by atoms with Crippen LogP contribution in [0.4, 0.5) is 18.9 Å². The zero-order valence-electron chi connectivity index (χ0n) is 12.3. The lowest BCUT2D eigenvalue weighted by Gasteiger charge is -2.23. The lowest BCUT2D eigenvalue weighted by Crippen LogP contribution is -2.34. The van der Waals surface area contributed by atoms with Crippen molar-refractivity contribution in [3.8, 4) is 17.2 Å². The first-order valence-corrected chi connectivity index (χ1v) is 7.28. The molecule has 0 radical (unpaired) electrons. The molecule has 24 heavy (non-hydrogen) atoms. The molecular formula is C16H11ClF3NO3. The Morgan fingerprint density at radius 2 is 1.96 bits per heavy atom. The minimum Gasteiger partial charge on any atom is -0.479 e. The molecule has 0 saturated heterocycles. The van der Waals surface area contributed by atoms with E-state index in [1.54, 1.807) is 19.1 Å². The van der Waals surface area contributed by atoms with Crippen LogP contribution in [0.25, 0.3) is 0 Å². The fraction of sp³-hybridized carbons (Fsp3) is 0.188. The Kier molecular flexibility index (Phi) is 4.04. The van der Waals surface area contributed by atoms with Gasteiger partial charge in [-0.15, -0.1) is 0 Å². The number of nitrogens with one attached hydrogen (secondary N) is 1. The van der Waals surface area contributed by atoms with Gasteiger partial charge < -0.3 is 14.8 Å². The van der Waals surface area contributed by atoms with Crippen molar-refractivity contribution in [1.82, 2.24) is 0 Å². The van der Waals surface area contributed by atoms with E-state index in [0.717, 1.165) is 18.2 Å². The first-order valence-electron chi connectivity index (χ1n) is 6.90. The summed E-state index contributed by atoms with van der Waals surface area (Å²) in [4.78, 5) is 11.5. The van der Waals surface area contributed by atoms with E-state index >= 15 is 0 Å². The fourth-order valence-corrected chi connectivity index (χ4v) is 2.35. The summed E-state index contributed by atoms with van der Waals surface area (Å²) >= 11 is 5.86. The molecule has 4 nitrogen and oxygen atoms in total. The summed E-state index contributed by atoms with van der Waals surface area (Å²) in [5.74, 6) is 0.542. The van der Waals surface area contributed by atoms with Gasteiger partial charge in [-0.3, -0.25) is 4.79 Å². The van der Waals surface area contributed by atoms with Crippen molar-refractivity contribution in [3.63, 3.8) is 0 Å². The second-order valence-corrected chi connectivity index (χ2v) is 5.56. The highest BCUT2D eigenvalue weighted by molar-refractivity contribution is 6.32. The third-order valence-corrected chi connectivity index (χ3v) is 3.67. The molecule has 3 rings (SSSR count). The quantitative estimate of drug-likeness (QED) is 0.834. The Morgan fingerprint density at radius 1 is 1.21 bits per heavy atom. The van der Waals surface area contributed by atoms with Crippen molar-refractivity contribution in [1.29, 1.82) is 0 Å². The standard InChI is InChI=1S/C16H11ClF3NO3/c1-8-15(22)21-12-4-3-10(7-14(12)23-8)24-13-5-2-9(6-11(13)17)16(18,19)20/h2-8H,1H3,(H,21,22)/t8-/m1/s1. The van der Waals surface area contributed by atoms with Gasteiger partial charge in [-0.1, -0.05) is 11.6 Å². The Labute approximate surface area is 140 Å². The number of amides is 1. The maximum atomic E-state index is 12.6. The molecule has 1 atom stereocenters. The van der Waals surface area contributed by atoms with Gasteiger partial charge in [0.1, 0.15) is 17.2 Å². The molecule has 0 saturated carbocycles. The molecule has 0 unspecified atom stereocenters. The number of fused-ring (bicyclic) bond motifs is 1. The number of carbonyl (C=O) groups excluding carboxylic acids is 1.